The predicted octanol–water partition coefficient (Wildman–Crippen LogP) is 10.2. The molecule has 48 heavy (non-hydrogen) atoms. The van der Waals surface area contributed by atoms with Crippen molar-refractivity contribution in [3.63, 3.8) is 0 Å². The normalized spacial score (nSPS) is 9.54. The minimum Gasteiger partial charge on any atom is -0.298 e. The Balaban J connectivity index is 0.000000190. The van der Waals surface area contributed by atoms with Crippen LogP contribution in [0.2, 0.25) is 0 Å². The second-order valence-electron chi connectivity index (χ2n) is 9.98. The van der Waals surface area contributed by atoms with Gasteiger partial charge in [0.05, 0.1) is 17.1 Å². The molecule has 6 nitrogen and oxygen atoms in total. The van der Waals surface area contributed by atoms with Crippen molar-refractivity contribution < 1.29 is 14.4 Å². The standard InChI is InChI=1S/C14H11NO.C13H11NO.C12H8BrNO.C2H4/c1-2-11-5-8-14(15-9-11)13-6-3-12(10-16)4-7-13;1-10-2-7-13(14-8-10)12-5-3-11(9-15)4-6-12;13-11-5-6-12(14-7-11)10-3-1-9(8-15)2-4-10;1-2/h2-10H,1H2;2-9H,1H3;1-8H;1-2H2. The zero-order chi connectivity index (χ0) is 34.7. The van der Waals surface area contributed by atoms with Crippen LogP contribution >= 0.6 is 15.9 Å². The first-order valence-corrected chi connectivity index (χ1v) is 15.5. The number of hydrogen-bond donors (Lipinski definition) is 0. The summed E-state index contributed by atoms with van der Waals surface area (Å²) in [6.45, 7) is 11.7. The van der Waals surface area contributed by atoms with Crippen LogP contribution in [0, 0.1) is 6.92 Å². The van der Waals surface area contributed by atoms with E-state index in [-0.39, 0.29) is 0 Å². The van der Waals surface area contributed by atoms with Crippen molar-refractivity contribution in [2.75, 3.05) is 0 Å². The summed E-state index contributed by atoms with van der Waals surface area (Å²) in [5, 5.41) is 0. The van der Waals surface area contributed by atoms with E-state index in [1.807, 2.05) is 85.9 Å². The van der Waals surface area contributed by atoms with Crippen LogP contribution in [-0.2, 0) is 0 Å². The summed E-state index contributed by atoms with van der Waals surface area (Å²) in [5.74, 6) is 0. The molecule has 0 saturated heterocycles. The average molecular weight is 697 g/mol. The highest BCUT2D eigenvalue weighted by atomic mass is 79.9. The minimum atomic E-state index is 0.673. The molecular weight excluding hydrogens is 662 g/mol. The maximum Gasteiger partial charge on any atom is 0.150 e. The zero-order valence-corrected chi connectivity index (χ0v) is 28.1. The maximum absolute atomic E-state index is 10.5. The summed E-state index contributed by atoms with van der Waals surface area (Å²) in [7, 11) is 0. The summed E-state index contributed by atoms with van der Waals surface area (Å²) in [6.07, 6.45) is 9.62. The second-order valence-corrected chi connectivity index (χ2v) is 10.9. The Bertz CT molecular complexity index is 1740. The van der Waals surface area contributed by atoms with E-state index in [1.54, 1.807) is 54.9 Å². The van der Waals surface area contributed by atoms with Crippen LogP contribution in [0.3, 0.4) is 0 Å². The highest BCUT2D eigenvalue weighted by molar-refractivity contribution is 9.10. The Morgan fingerprint density at radius 2 is 0.833 bits per heavy atom. The Labute approximate surface area is 289 Å². The molecule has 0 atom stereocenters. The number of rotatable bonds is 7. The zero-order valence-electron chi connectivity index (χ0n) is 26.5. The number of carbonyl (C=O) groups excluding carboxylic acids is 3. The first-order valence-electron chi connectivity index (χ1n) is 14.7. The summed E-state index contributed by atoms with van der Waals surface area (Å²) in [5.41, 5.74) is 9.93. The lowest BCUT2D eigenvalue weighted by Gasteiger charge is -2.01. The number of aldehydes is 3. The van der Waals surface area contributed by atoms with Crippen LogP contribution < -0.4 is 0 Å². The summed E-state index contributed by atoms with van der Waals surface area (Å²) in [4.78, 5) is 44.4. The fraction of sp³-hybridized carbons (Fsp3) is 0.0244. The van der Waals surface area contributed by atoms with E-state index in [4.69, 9.17) is 0 Å². The Kier molecular flexibility index (Phi) is 14.9. The molecule has 0 aliphatic heterocycles. The van der Waals surface area contributed by atoms with Gasteiger partial charge in [-0.05, 0) is 58.2 Å². The van der Waals surface area contributed by atoms with E-state index in [9.17, 15) is 14.4 Å². The third-order valence-electron chi connectivity index (χ3n) is 6.69. The Morgan fingerprint density at radius 3 is 1.12 bits per heavy atom. The van der Waals surface area contributed by atoms with Crippen molar-refractivity contribution in [3.8, 4) is 33.8 Å². The molecule has 3 aromatic heterocycles. The average Bonchev–Trinajstić information content (AvgIpc) is 3.17. The first-order chi connectivity index (χ1) is 23.4. The molecule has 0 fully saturated rings. The summed E-state index contributed by atoms with van der Waals surface area (Å²) >= 11 is 3.33. The maximum atomic E-state index is 10.5. The van der Waals surface area contributed by atoms with Crippen molar-refractivity contribution in [1.82, 2.24) is 15.0 Å². The van der Waals surface area contributed by atoms with Gasteiger partial charge in [0, 0.05) is 56.4 Å². The highest BCUT2D eigenvalue weighted by Gasteiger charge is 2.01. The largest absolute Gasteiger partial charge is 0.298 e. The molecule has 0 spiro atoms. The van der Waals surface area contributed by atoms with Gasteiger partial charge in [0.2, 0.25) is 0 Å². The summed E-state index contributed by atoms with van der Waals surface area (Å²) in [6, 6.07) is 33.9. The lowest BCUT2D eigenvalue weighted by atomic mass is 10.1. The Morgan fingerprint density at radius 1 is 0.479 bits per heavy atom. The van der Waals surface area contributed by atoms with Crippen LogP contribution in [0.25, 0.3) is 39.8 Å². The number of aromatic nitrogens is 3. The molecular formula is C41H34BrN3O3. The van der Waals surface area contributed by atoms with Gasteiger partial charge in [0.15, 0.2) is 0 Å². The lowest BCUT2D eigenvalue weighted by Crippen LogP contribution is -1.85. The fourth-order valence-corrected chi connectivity index (χ4v) is 4.31. The van der Waals surface area contributed by atoms with Gasteiger partial charge < -0.3 is 0 Å². The molecule has 3 heterocycles. The van der Waals surface area contributed by atoms with Crippen molar-refractivity contribution >= 4 is 40.9 Å². The van der Waals surface area contributed by atoms with Gasteiger partial charge >= 0.3 is 0 Å². The quantitative estimate of drug-likeness (QED) is 0.122. The molecule has 7 heteroatoms. The predicted molar refractivity (Wildman–Crippen MR) is 199 cm³/mol. The van der Waals surface area contributed by atoms with Gasteiger partial charge in [-0.15, -0.1) is 13.2 Å². The van der Waals surface area contributed by atoms with E-state index in [1.165, 1.54) is 0 Å². The molecule has 0 saturated carbocycles. The molecule has 0 aliphatic carbocycles. The first kappa shape index (κ1) is 36.5. The van der Waals surface area contributed by atoms with Crippen LogP contribution in [0.4, 0.5) is 0 Å². The lowest BCUT2D eigenvalue weighted by molar-refractivity contribution is 0.111. The fourth-order valence-electron chi connectivity index (χ4n) is 4.08. The molecule has 6 rings (SSSR count). The Hall–Kier alpha value is -5.92. The second kappa shape index (κ2) is 19.6. The van der Waals surface area contributed by atoms with Gasteiger partial charge in [0.25, 0.3) is 0 Å². The van der Waals surface area contributed by atoms with Crippen molar-refractivity contribution in [2.24, 2.45) is 0 Å². The number of aryl methyl sites for hydroxylation is 1. The number of hydrogen-bond acceptors (Lipinski definition) is 6. The van der Waals surface area contributed by atoms with E-state index in [0.29, 0.717) is 16.7 Å². The highest BCUT2D eigenvalue weighted by Crippen LogP contribution is 2.20. The van der Waals surface area contributed by atoms with E-state index >= 15 is 0 Å². The van der Waals surface area contributed by atoms with Gasteiger partial charge in [-0.25, -0.2) is 0 Å². The van der Waals surface area contributed by atoms with Crippen molar-refractivity contribution in [3.05, 3.63) is 180 Å². The monoisotopic (exact) mass is 695 g/mol. The number of benzene rings is 3. The molecule has 0 bridgehead atoms. The molecule has 0 unspecified atom stereocenters. The smallest absolute Gasteiger partial charge is 0.150 e. The van der Waals surface area contributed by atoms with Crippen molar-refractivity contribution in [1.29, 1.82) is 0 Å². The van der Waals surface area contributed by atoms with Gasteiger partial charge in [-0.2, -0.15) is 0 Å². The van der Waals surface area contributed by atoms with Gasteiger partial charge in [-0.3, -0.25) is 29.3 Å². The number of pyridine rings is 3. The number of nitrogens with zero attached hydrogens (tertiary/aromatic N) is 3. The molecule has 0 aliphatic rings. The third-order valence-corrected chi connectivity index (χ3v) is 7.16. The van der Waals surface area contributed by atoms with E-state index in [0.717, 1.165) is 68.2 Å². The summed E-state index contributed by atoms with van der Waals surface area (Å²) < 4.78 is 0.954. The van der Waals surface area contributed by atoms with Crippen molar-refractivity contribution in [2.45, 2.75) is 6.92 Å². The van der Waals surface area contributed by atoms with Gasteiger partial charge in [0.1, 0.15) is 18.9 Å². The molecule has 0 N–H and O–H groups in total. The van der Waals surface area contributed by atoms with E-state index in [2.05, 4.69) is 50.6 Å². The molecule has 3 aromatic carbocycles. The van der Waals surface area contributed by atoms with Crippen LogP contribution in [-0.4, -0.2) is 33.8 Å². The van der Waals surface area contributed by atoms with Crippen LogP contribution in [0.1, 0.15) is 42.2 Å². The molecule has 0 radical (unpaired) electrons. The molecule has 238 valence electrons. The minimum absolute atomic E-state index is 0.673. The van der Waals surface area contributed by atoms with Gasteiger partial charge in [-0.1, -0.05) is 97.6 Å². The number of carbonyl (C=O) groups is 3. The topological polar surface area (TPSA) is 89.9 Å². The van der Waals surface area contributed by atoms with Crippen LogP contribution in [0.15, 0.2) is 152 Å². The molecule has 6 aromatic rings. The van der Waals surface area contributed by atoms with Crippen LogP contribution in [0.5, 0.6) is 0 Å². The van der Waals surface area contributed by atoms with E-state index < -0.39 is 0 Å². The molecule has 0 amide bonds. The number of halogens is 1. The third kappa shape index (κ3) is 11.2. The SMILES string of the molecule is C=C.C=Cc1ccc(-c2ccc(C=O)cc2)nc1.Cc1ccc(-c2ccc(C=O)cc2)nc1.O=Cc1ccc(-c2ccc(Br)cn2)cc1.